The minimum absolute atomic E-state index is 0.630. The van der Waals surface area contributed by atoms with Gasteiger partial charge in [-0.05, 0) is 35.0 Å². The summed E-state index contributed by atoms with van der Waals surface area (Å²) in [5, 5.41) is 0.646. The van der Waals surface area contributed by atoms with Crippen molar-refractivity contribution in [2.75, 3.05) is 6.61 Å². The molecule has 1 aromatic carbocycles. The van der Waals surface area contributed by atoms with Crippen molar-refractivity contribution in [1.82, 2.24) is 0 Å². The fourth-order valence-electron chi connectivity index (χ4n) is 0.793. The van der Waals surface area contributed by atoms with Gasteiger partial charge in [-0.1, -0.05) is 27.5 Å². The first-order chi connectivity index (χ1) is 5.65. The first-order valence-corrected chi connectivity index (χ1v) is 5.39. The summed E-state index contributed by atoms with van der Waals surface area (Å²) in [4.78, 5) is 0. The number of rotatable bonds is 2. The van der Waals surface area contributed by atoms with Crippen molar-refractivity contribution in [2.24, 2.45) is 0 Å². The van der Waals surface area contributed by atoms with Gasteiger partial charge in [0.15, 0.2) is 0 Å². The second kappa shape index (κ2) is 4.49. The Morgan fingerprint density at radius 3 is 2.67 bits per heavy atom. The molecule has 0 unspecified atom stereocenters. The molecule has 66 valence electrons. The van der Waals surface area contributed by atoms with E-state index >= 15 is 0 Å². The molecule has 0 heterocycles. The van der Waals surface area contributed by atoms with E-state index in [0.29, 0.717) is 11.6 Å². The summed E-state index contributed by atoms with van der Waals surface area (Å²) >= 11 is 12.6. The fraction of sp³-hybridized carbons (Fsp3) is 0.250. The van der Waals surface area contributed by atoms with Crippen LogP contribution in [0.5, 0.6) is 5.75 Å². The second-order valence-electron chi connectivity index (χ2n) is 2.13. The van der Waals surface area contributed by atoms with E-state index in [9.17, 15) is 0 Å². The molecule has 0 aliphatic rings. The van der Waals surface area contributed by atoms with Gasteiger partial charge in [-0.25, -0.2) is 0 Å². The molecule has 12 heavy (non-hydrogen) atoms. The lowest BCUT2D eigenvalue weighted by Gasteiger charge is -2.07. The summed E-state index contributed by atoms with van der Waals surface area (Å²) in [5.74, 6) is 0.761. The molecule has 1 aromatic rings. The van der Waals surface area contributed by atoms with E-state index in [-0.39, 0.29) is 0 Å². The Bertz CT molecular complexity index is 289. The third kappa shape index (κ3) is 2.38. The van der Waals surface area contributed by atoms with Crippen LogP contribution in [0.1, 0.15) is 6.92 Å². The highest BCUT2D eigenvalue weighted by molar-refractivity contribution is 9.11. The van der Waals surface area contributed by atoms with Crippen LogP contribution in [0.15, 0.2) is 21.1 Å². The van der Waals surface area contributed by atoms with Crippen molar-refractivity contribution in [3.63, 3.8) is 0 Å². The number of halogens is 3. The first kappa shape index (κ1) is 10.4. The van der Waals surface area contributed by atoms with Crippen molar-refractivity contribution in [2.45, 2.75) is 6.92 Å². The Labute approximate surface area is 93.3 Å². The van der Waals surface area contributed by atoms with Crippen LogP contribution in [0.25, 0.3) is 0 Å². The average Bonchev–Trinajstić information content (AvgIpc) is 2.00. The fourth-order valence-corrected chi connectivity index (χ4v) is 1.92. The lowest BCUT2D eigenvalue weighted by atomic mass is 10.3. The van der Waals surface area contributed by atoms with E-state index in [2.05, 4.69) is 31.9 Å². The molecule has 0 aliphatic carbocycles. The van der Waals surface area contributed by atoms with E-state index in [1.54, 1.807) is 0 Å². The van der Waals surface area contributed by atoms with Crippen molar-refractivity contribution in [3.8, 4) is 5.75 Å². The van der Waals surface area contributed by atoms with E-state index in [0.717, 1.165) is 14.7 Å². The van der Waals surface area contributed by atoms with Crippen LogP contribution in [0, 0.1) is 0 Å². The molecular weight excluding hydrogens is 307 g/mol. The predicted molar refractivity (Wildman–Crippen MR) is 58.0 cm³/mol. The van der Waals surface area contributed by atoms with Gasteiger partial charge in [0.05, 0.1) is 16.1 Å². The first-order valence-electron chi connectivity index (χ1n) is 3.42. The molecule has 0 bridgehead atoms. The monoisotopic (exact) mass is 312 g/mol. The van der Waals surface area contributed by atoms with Crippen LogP contribution in [0.3, 0.4) is 0 Å². The Hall–Kier alpha value is 0.270. The molecule has 1 rings (SSSR count). The third-order valence-corrected chi connectivity index (χ3v) is 3.06. The van der Waals surface area contributed by atoms with Gasteiger partial charge in [0.1, 0.15) is 5.75 Å². The number of benzene rings is 1. The van der Waals surface area contributed by atoms with Gasteiger partial charge in [-0.3, -0.25) is 0 Å². The largest absolute Gasteiger partial charge is 0.493 e. The molecule has 4 heteroatoms. The van der Waals surface area contributed by atoms with Gasteiger partial charge in [0, 0.05) is 4.47 Å². The zero-order valence-corrected chi connectivity index (χ0v) is 10.3. The number of hydrogen-bond acceptors (Lipinski definition) is 1. The van der Waals surface area contributed by atoms with Crippen LogP contribution in [-0.2, 0) is 0 Å². The van der Waals surface area contributed by atoms with Crippen LogP contribution >= 0.6 is 43.5 Å². The quantitative estimate of drug-likeness (QED) is 0.741. The topological polar surface area (TPSA) is 9.23 Å². The predicted octanol–water partition coefficient (Wildman–Crippen LogP) is 4.26. The molecule has 0 aromatic heterocycles. The standard InChI is InChI=1S/C8H7Br2ClO/c1-2-12-7-4-5(9)3-6(11)8(7)10/h3-4H,2H2,1H3. The minimum Gasteiger partial charge on any atom is -0.493 e. The zero-order chi connectivity index (χ0) is 9.14. The molecule has 0 spiro atoms. The van der Waals surface area contributed by atoms with Gasteiger partial charge < -0.3 is 4.74 Å². The summed E-state index contributed by atoms with van der Waals surface area (Å²) in [6.07, 6.45) is 0. The molecule has 0 N–H and O–H groups in total. The summed E-state index contributed by atoms with van der Waals surface area (Å²) in [7, 11) is 0. The van der Waals surface area contributed by atoms with E-state index in [1.165, 1.54) is 0 Å². The van der Waals surface area contributed by atoms with Crippen LogP contribution in [0.2, 0.25) is 5.02 Å². The lowest BCUT2D eigenvalue weighted by molar-refractivity contribution is 0.338. The average molecular weight is 314 g/mol. The lowest BCUT2D eigenvalue weighted by Crippen LogP contribution is -1.92. The second-order valence-corrected chi connectivity index (χ2v) is 4.25. The Morgan fingerprint density at radius 2 is 2.08 bits per heavy atom. The summed E-state index contributed by atoms with van der Waals surface area (Å²) < 4.78 is 7.05. The molecule has 0 saturated carbocycles. The maximum Gasteiger partial charge on any atom is 0.136 e. The van der Waals surface area contributed by atoms with Crippen molar-refractivity contribution < 1.29 is 4.74 Å². The van der Waals surface area contributed by atoms with Gasteiger partial charge in [-0.15, -0.1) is 0 Å². The van der Waals surface area contributed by atoms with E-state index in [4.69, 9.17) is 16.3 Å². The maximum absolute atomic E-state index is 5.90. The third-order valence-electron chi connectivity index (χ3n) is 1.26. The molecular formula is C8H7Br2ClO. The van der Waals surface area contributed by atoms with Gasteiger partial charge in [-0.2, -0.15) is 0 Å². The highest BCUT2D eigenvalue weighted by Crippen LogP contribution is 2.35. The summed E-state index contributed by atoms with van der Waals surface area (Å²) in [5.41, 5.74) is 0. The van der Waals surface area contributed by atoms with Gasteiger partial charge >= 0.3 is 0 Å². The Morgan fingerprint density at radius 1 is 1.42 bits per heavy atom. The van der Waals surface area contributed by atoms with E-state index < -0.39 is 0 Å². The summed E-state index contributed by atoms with van der Waals surface area (Å²) in [6.45, 7) is 2.56. The Kier molecular flexibility index (Phi) is 3.87. The van der Waals surface area contributed by atoms with Crippen molar-refractivity contribution >= 4 is 43.5 Å². The molecule has 1 nitrogen and oxygen atoms in total. The molecule has 0 atom stereocenters. The SMILES string of the molecule is CCOc1cc(Br)cc(Cl)c1Br. The van der Waals surface area contributed by atoms with Crippen LogP contribution in [-0.4, -0.2) is 6.61 Å². The van der Waals surface area contributed by atoms with Crippen molar-refractivity contribution in [3.05, 3.63) is 26.1 Å². The smallest absolute Gasteiger partial charge is 0.136 e. The minimum atomic E-state index is 0.630. The van der Waals surface area contributed by atoms with Crippen molar-refractivity contribution in [1.29, 1.82) is 0 Å². The normalized spacial score (nSPS) is 10.0. The van der Waals surface area contributed by atoms with Gasteiger partial charge in [0.2, 0.25) is 0 Å². The molecule has 0 saturated heterocycles. The van der Waals surface area contributed by atoms with Gasteiger partial charge in [0.25, 0.3) is 0 Å². The zero-order valence-electron chi connectivity index (χ0n) is 6.40. The number of hydrogen-bond donors (Lipinski definition) is 0. The van der Waals surface area contributed by atoms with E-state index in [1.807, 2.05) is 19.1 Å². The molecule has 0 fully saturated rings. The summed E-state index contributed by atoms with van der Waals surface area (Å²) in [6, 6.07) is 3.69. The molecule has 0 amide bonds. The highest BCUT2D eigenvalue weighted by atomic mass is 79.9. The Balaban J connectivity index is 3.09. The number of ether oxygens (including phenoxy) is 1. The maximum atomic E-state index is 5.90. The highest BCUT2D eigenvalue weighted by Gasteiger charge is 2.06. The van der Waals surface area contributed by atoms with Crippen LogP contribution in [0.4, 0.5) is 0 Å². The molecule has 0 radical (unpaired) electrons. The van der Waals surface area contributed by atoms with Crippen LogP contribution < -0.4 is 4.74 Å². The molecule has 0 aliphatic heterocycles.